The summed E-state index contributed by atoms with van der Waals surface area (Å²) >= 11 is 1.64. The van der Waals surface area contributed by atoms with Gasteiger partial charge in [0, 0.05) is 25.3 Å². The van der Waals surface area contributed by atoms with Crippen molar-refractivity contribution in [2.24, 2.45) is 0 Å². The van der Waals surface area contributed by atoms with Crippen molar-refractivity contribution in [2.75, 3.05) is 31.6 Å². The number of aliphatic hydroxyl groups excluding tert-OH is 1. The van der Waals surface area contributed by atoms with Gasteiger partial charge in [-0.1, -0.05) is 42.5 Å². The number of thiophene rings is 1. The first-order valence-corrected chi connectivity index (χ1v) is 13.2. The van der Waals surface area contributed by atoms with E-state index in [9.17, 15) is 4.79 Å². The number of likely N-dealkylation sites (tertiary alicyclic amines) is 1. The summed E-state index contributed by atoms with van der Waals surface area (Å²) in [4.78, 5) is 15.0. The Morgan fingerprint density at radius 3 is 2.44 bits per heavy atom. The summed E-state index contributed by atoms with van der Waals surface area (Å²) in [6.07, 6.45) is 5.52. The van der Waals surface area contributed by atoms with E-state index in [4.69, 9.17) is 9.84 Å². The van der Waals surface area contributed by atoms with Crippen LogP contribution in [0.2, 0.25) is 0 Å². The Balaban J connectivity index is 1.14. The van der Waals surface area contributed by atoms with Crippen LogP contribution in [0.5, 0.6) is 0 Å². The molecular weight excluding hydrogens is 444 g/mol. The second-order valence-electron chi connectivity index (χ2n) is 8.88. The number of amides is 1. The molecule has 1 aliphatic rings. The van der Waals surface area contributed by atoms with E-state index in [0.29, 0.717) is 0 Å². The van der Waals surface area contributed by atoms with Crippen molar-refractivity contribution in [1.82, 2.24) is 4.90 Å². The fourth-order valence-electron chi connectivity index (χ4n) is 4.47. The largest absolute Gasteiger partial charge is 0.446 e. The standard InChI is InChI=1S/C28H34N2O3S/c31-19-14-23-10-8-22(9-11-23)5-3-4-16-30-17-12-25(13-18-30)33-28(32)29-27-7-2-1-6-26(27)24-15-20-34-21-24/h1-2,6-11,15,20-21,25,31H,3-5,12-14,16-19H2,(H,29,32). The molecule has 0 radical (unpaired) electrons. The van der Waals surface area contributed by atoms with Gasteiger partial charge in [-0.25, -0.2) is 4.79 Å². The fourth-order valence-corrected chi connectivity index (χ4v) is 5.13. The zero-order chi connectivity index (χ0) is 23.6. The highest BCUT2D eigenvalue weighted by atomic mass is 32.1. The first-order valence-electron chi connectivity index (χ1n) is 12.2. The van der Waals surface area contributed by atoms with E-state index in [2.05, 4.69) is 45.9 Å². The molecule has 34 heavy (non-hydrogen) atoms. The summed E-state index contributed by atoms with van der Waals surface area (Å²) < 4.78 is 5.74. The highest BCUT2D eigenvalue weighted by molar-refractivity contribution is 7.08. The molecule has 6 heteroatoms. The van der Waals surface area contributed by atoms with Gasteiger partial charge in [0.05, 0.1) is 5.69 Å². The summed E-state index contributed by atoms with van der Waals surface area (Å²) in [6.45, 7) is 3.24. The van der Waals surface area contributed by atoms with Crippen molar-refractivity contribution in [1.29, 1.82) is 0 Å². The number of nitrogens with one attached hydrogen (secondary N) is 1. The van der Waals surface area contributed by atoms with Crippen molar-refractivity contribution in [2.45, 2.75) is 44.6 Å². The molecule has 0 saturated carbocycles. The lowest BCUT2D eigenvalue weighted by Gasteiger charge is -2.31. The average Bonchev–Trinajstić information content (AvgIpc) is 3.39. The summed E-state index contributed by atoms with van der Waals surface area (Å²) in [5, 5.41) is 16.1. The molecule has 3 aromatic rings. The van der Waals surface area contributed by atoms with E-state index in [1.807, 2.05) is 29.6 Å². The van der Waals surface area contributed by atoms with Gasteiger partial charge in [-0.2, -0.15) is 11.3 Å². The van der Waals surface area contributed by atoms with Gasteiger partial charge in [0.1, 0.15) is 6.10 Å². The summed E-state index contributed by atoms with van der Waals surface area (Å²) in [6, 6.07) is 18.5. The van der Waals surface area contributed by atoms with Gasteiger partial charge < -0.3 is 14.7 Å². The molecule has 0 bridgehead atoms. The minimum absolute atomic E-state index is 0.0259. The number of aryl methyl sites for hydroxylation is 1. The Labute approximate surface area is 206 Å². The van der Waals surface area contributed by atoms with Crippen LogP contribution in [0.4, 0.5) is 10.5 Å². The quantitative estimate of drug-likeness (QED) is 0.352. The molecule has 2 N–H and O–H groups in total. The number of hydrogen-bond acceptors (Lipinski definition) is 5. The number of anilines is 1. The fraction of sp³-hybridized carbons (Fsp3) is 0.393. The number of benzene rings is 2. The maximum absolute atomic E-state index is 12.5. The van der Waals surface area contributed by atoms with E-state index >= 15 is 0 Å². The maximum Gasteiger partial charge on any atom is 0.411 e. The Hall–Kier alpha value is -2.67. The van der Waals surface area contributed by atoms with E-state index in [1.165, 1.54) is 24.0 Å². The number of carbonyl (C=O) groups excluding carboxylic acids is 1. The highest BCUT2D eigenvalue weighted by Crippen LogP contribution is 2.29. The molecule has 5 nitrogen and oxygen atoms in total. The van der Waals surface area contributed by atoms with Crippen LogP contribution < -0.4 is 5.32 Å². The molecule has 1 amide bonds. The van der Waals surface area contributed by atoms with Crippen LogP contribution in [0.15, 0.2) is 65.4 Å². The van der Waals surface area contributed by atoms with Gasteiger partial charge in [0.2, 0.25) is 0 Å². The van der Waals surface area contributed by atoms with Crippen LogP contribution in [0.25, 0.3) is 11.1 Å². The van der Waals surface area contributed by atoms with Crippen LogP contribution >= 0.6 is 11.3 Å². The average molecular weight is 479 g/mol. The smallest absolute Gasteiger partial charge is 0.411 e. The molecule has 0 unspecified atom stereocenters. The molecule has 1 fully saturated rings. The molecule has 180 valence electrons. The summed E-state index contributed by atoms with van der Waals surface area (Å²) in [5.41, 5.74) is 5.45. The number of ether oxygens (including phenoxy) is 1. The number of carbonyl (C=O) groups is 1. The first kappa shape index (κ1) is 24.5. The summed E-state index contributed by atoms with van der Waals surface area (Å²) in [7, 11) is 0. The van der Waals surface area contributed by atoms with Crippen molar-refractivity contribution >= 4 is 23.1 Å². The van der Waals surface area contributed by atoms with Gasteiger partial charge in [0.25, 0.3) is 0 Å². The molecule has 4 rings (SSSR count). The SMILES string of the molecule is O=C(Nc1ccccc1-c1ccsc1)OC1CCN(CCCCc2ccc(CCO)cc2)CC1. The molecule has 0 aliphatic carbocycles. The van der Waals surface area contributed by atoms with Crippen LogP contribution in [-0.4, -0.2) is 48.4 Å². The van der Waals surface area contributed by atoms with E-state index < -0.39 is 0 Å². The lowest BCUT2D eigenvalue weighted by Crippen LogP contribution is -2.38. The molecule has 1 aliphatic heterocycles. The van der Waals surface area contributed by atoms with Crippen molar-refractivity contribution < 1.29 is 14.6 Å². The zero-order valence-corrected chi connectivity index (χ0v) is 20.4. The number of rotatable bonds is 10. The molecule has 2 heterocycles. The minimum Gasteiger partial charge on any atom is -0.446 e. The minimum atomic E-state index is -0.369. The molecule has 1 saturated heterocycles. The van der Waals surface area contributed by atoms with Crippen LogP contribution in [-0.2, 0) is 17.6 Å². The molecule has 0 atom stereocenters. The normalized spacial score (nSPS) is 14.7. The van der Waals surface area contributed by atoms with Gasteiger partial charge in [-0.05, 0) is 84.7 Å². The molecule has 0 spiro atoms. The number of nitrogens with zero attached hydrogens (tertiary/aromatic N) is 1. The van der Waals surface area contributed by atoms with Crippen LogP contribution in [0.1, 0.15) is 36.8 Å². The number of unbranched alkanes of at least 4 members (excludes halogenated alkanes) is 1. The molecule has 1 aromatic heterocycles. The van der Waals surface area contributed by atoms with Gasteiger partial charge in [-0.3, -0.25) is 5.32 Å². The zero-order valence-electron chi connectivity index (χ0n) is 19.6. The lowest BCUT2D eigenvalue weighted by molar-refractivity contribution is 0.0585. The molecular formula is C28H34N2O3S. The Kier molecular flexibility index (Phi) is 9.13. The van der Waals surface area contributed by atoms with Gasteiger partial charge >= 0.3 is 6.09 Å². The van der Waals surface area contributed by atoms with Gasteiger partial charge in [-0.15, -0.1) is 0 Å². The van der Waals surface area contributed by atoms with Crippen molar-refractivity contribution in [3.05, 3.63) is 76.5 Å². The third-order valence-electron chi connectivity index (χ3n) is 6.42. The van der Waals surface area contributed by atoms with E-state index in [0.717, 1.165) is 62.1 Å². The number of para-hydroxylation sites is 1. The highest BCUT2D eigenvalue weighted by Gasteiger charge is 2.22. The molecule has 2 aromatic carbocycles. The van der Waals surface area contributed by atoms with Gasteiger partial charge in [0.15, 0.2) is 0 Å². The third-order valence-corrected chi connectivity index (χ3v) is 7.10. The maximum atomic E-state index is 12.5. The van der Waals surface area contributed by atoms with E-state index in [-0.39, 0.29) is 18.8 Å². The Bertz CT molecular complexity index is 1010. The number of hydrogen-bond donors (Lipinski definition) is 2. The lowest BCUT2D eigenvalue weighted by atomic mass is 10.0. The topological polar surface area (TPSA) is 61.8 Å². The summed E-state index contributed by atoms with van der Waals surface area (Å²) in [5.74, 6) is 0. The first-order chi connectivity index (χ1) is 16.7. The Morgan fingerprint density at radius 1 is 1.00 bits per heavy atom. The number of piperidine rings is 1. The second kappa shape index (κ2) is 12.7. The third kappa shape index (κ3) is 7.16. The van der Waals surface area contributed by atoms with E-state index in [1.54, 1.807) is 11.3 Å². The second-order valence-corrected chi connectivity index (χ2v) is 9.66. The predicted molar refractivity (Wildman–Crippen MR) is 139 cm³/mol. The van der Waals surface area contributed by atoms with Crippen LogP contribution in [0.3, 0.4) is 0 Å². The van der Waals surface area contributed by atoms with Crippen LogP contribution in [0, 0.1) is 0 Å². The number of aliphatic hydroxyl groups is 1. The monoisotopic (exact) mass is 478 g/mol. The van der Waals surface area contributed by atoms with Crippen molar-refractivity contribution in [3.63, 3.8) is 0 Å². The Morgan fingerprint density at radius 2 is 1.74 bits per heavy atom. The predicted octanol–water partition coefficient (Wildman–Crippen LogP) is 5.99. The van der Waals surface area contributed by atoms with Crippen molar-refractivity contribution in [3.8, 4) is 11.1 Å².